The molecular weight excluding hydrogens is 254 g/mol. The third-order valence-corrected chi connectivity index (χ3v) is 3.52. The lowest BCUT2D eigenvalue weighted by atomic mass is 10.1. The molecule has 1 aliphatic heterocycles. The Morgan fingerprint density at radius 3 is 2.70 bits per heavy atom. The number of nitrogens with zero attached hydrogens (tertiary/aromatic N) is 1. The van der Waals surface area contributed by atoms with Crippen LogP contribution < -0.4 is 11.1 Å². The Hall–Kier alpha value is -1.88. The fourth-order valence-electron chi connectivity index (χ4n) is 2.39. The number of hydrogen-bond acceptors (Lipinski definition) is 3. The van der Waals surface area contributed by atoms with E-state index in [9.17, 15) is 9.59 Å². The first-order chi connectivity index (χ1) is 9.66. The maximum absolute atomic E-state index is 11.8. The van der Waals surface area contributed by atoms with Crippen LogP contribution in [0.3, 0.4) is 0 Å². The first-order valence-electron chi connectivity index (χ1n) is 7.04. The SMILES string of the molecule is NC(=O)c1cccc(CNCCC(=O)N2CCCC2)c1. The summed E-state index contributed by atoms with van der Waals surface area (Å²) in [6.45, 7) is 3.09. The molecule has 0 bridgehead atoms. The van der Waals surface area contributed by atoms with Gasteiger partial charge in [-0.1, -0.05) is 12.1 Å². The molecule has 2 rings (SSSR count). The molecule has 0 radical (unpaired) electrons. The van der Waals surface area contributed by atoms with Gasteiger partial charge in [-0.05, 0) is 30.5 Å². The van der Waals surface area contributed by atoms with Crippen LogP contribution in [0, 0.1) is 0 Å². The number of rotatable bonds is 6. The van der Waals surface area contributed by atoms with E-state index in [1.165, 1.54) is 0 Å². The number of nitrogens with one attached hydrogen (secondary N) is 1. The minimum absolute atomic E-state index is 0.223. The summed E-state index contributed by atoms with van der Waals surface area (Å²) in [5.41, 5.74) is 6.74. The van der Waals surface area contributed by atoms with Crippen molar-refractivity contribution in [2.24, 2.45) is 5.73 Å². The monoisotopic (exact) mass is 275 g/mol. The molecule has 1 saturated heterocycles. The fraction of sp³-hybridized carbons (Fsp3) is 0.467. The van der Waals surface area contributed by atoms with Crippen molar-refractivity contribution in [2.75, 3.05) is 19.6 Å². The number of primary amides is 1. The normalized spacial score (nSPS) is 14.5. The van der Waals surface area contributed by atoms with Crippen LogP contribution in [0.1, 0.15) is 35.2 Å². The van der Waals surface area contributed by atoms with Gasteiger partial charge in [-0.3, -0.25) is 9.59 Å². The largest absolute Gasteiger partial charge is 0.366 e. The summed E-state index contributed by atoms with van der Waals surface area (Å²) >= 11 is 0. The van der Waals surface area contributed by atoms with Crippen molar-refractivity contribution in [2.45, 2.75) is 25.8 Å². The van der Waals surface area contributed by atoms with Crippen molar-refractivity contribution in [1.82, 2.24) is 10.2 Å². The topological polar surface area (TPSA) is 75.4 Å². The van der Waals surface area contributed by atoms with E-state index in [2.05, 4.69) is 5.32 Å². The number of carbonyl (C=O) groups is 2. The summed E-state index contributed by atoms with van der Waals surface area (Å²) in [4.78, 5) is 24.8. The van der Waals surface area contributed by atoms with E-state index in [4.69, 9.17) is 5.73 Å². The van der Waals surface area contributed by atoms with Gasteiger partial charge in [0, 0.05) is 38.2 Å². The van der Waals surface area contributed by atoms with Gasteiger partial charge in [0.05, 0.1) is 0 Å². The second-order valence-electron chi connectivity index (χ2n) is 5.08. The van der Waals surface area contributed by atoms with Crippen LogP contribution in [0.15, 0.2) is 24.3 Å². The predicted molar refractivity (Wildman–Crippen MR) is 77.1 cm³/mol. The summed E-state index contributed by atoms with van der Waals surface area (Å²) in [6, 6.07) is 7.22. The molecule has 1 aromatic carbocycles. The van der Waals surface area contributed by atoms with E-state index in [1.807, 2.05) is 17.0 Å². The van der Waals surface area contributed by atoms with Crippen molar-refractivity contribution >= 4 is 11.8 Å². The molecule has 0 aliphatic carbocycles. The number of amides is 2. The summed E-state index contributed by atoms with van der Waals surface area (Å²) < 4.78 is 0. The van der Waals surface area contributed by atoms with Gasteiger partial charge in [-0.25, -0.2) is 0 Å². The lowest BCUT2D eigenvalue weighted by Gasteiger charge is -2.15. The molecule has 0 unspecified atom stereocenters. The molecule has 1 aromatic rings. The van der Waals surface area contributed by atoms with Gasteiger partial charge in [-0.15, -0.1) is 0 Å². The third kappa shape index (κ3) is 4.06. The number of carbonyl (C=O) groups excluding carboxylic acids is 2. The van der Waals surface area contributed by atoms with Crippen LogP contribution in [0.25, 0.3) is 0 Å². The highest BCUT2D eigenvalue weighted by atomic mass is 16.2. The number of benzene rings is 1. The van der Waals surface area contributed by atoms with E-state index >= 15 is 0 Å². The van der Waals surface area contributed by atoms with Gasteiger partial charge in [-0.2, -0.15) is 0 Å². The van der Waals surface area contributed by atoms with Crippen molar-refractivity contribution < 1.29 is 9.59 Å². The first kappa shape index (κ1) is 14.5. The fourth-order valence-corrected chi connectivity index (χ4v) is 2.39. The highest BCUT2D eigenvalue weighted by molar-refractivity contribution is 5.92. The predicted octanol–water partition coefficient (Wildman–Crippen LogP) is 0.888. The maximum atomic E-state index is 11.8. The standard InChI is InChI=1S/C15H21N3O2/c16-15(20)13-5-3-4-12(10-13)11-17-7-6-14(19)18-8-1-2-9-18/h3-5,10,17H,1-2,6-9,11H2,(H2,16,20). The molecule has 0 saturated carbocycles. The minimum atomic E-state index is -0.420. The first-order valence-corrected chi connectivity index (χ1v) is 7.04. The molecule has 5 heteroatoms. The molecule has 2 amide bonds. The summed E-state index contributed by atoms with van der Waals surface area (Å²) in [5, 5.41) is 3.22. The molecule has 108 valence electrons. The minimum Gasteiger partial charge on any atom is -0.366 e. The van der Waals surface area contributed by atoms with Crippen molar-refractivity contribution in [3.63, 3.8) is 0 Å². The van der Waals surface area contributed by atoms with E-state index in [0.717, 1.165) is 31.5 Å². The Labute approximate surface area is 119 Å². The lowest BCUT2D eigenvalue weighted by molar-refractivity contribution is -0.130. The second kappa shape index (κ2) is 7.05. The van der Waals surface area contributed by atoms with Crippen LogP contribution in [-0.4, -0.2) is 36.3 Å². The van der Waals surface area contributed by atoms with Gasteiger partial charge in [0.15, 0.2) is 0 Å². The van der Waals surface area contributed by atoms with Crippen LogP contribution in [0.5, 0.6) is 0 Å². The van der Waals surface area contributed by atoms with Crippen molar-refractivity contribution in [3.8, 4) is 0 Å². The Bertz CT molecular complexity index is 482. The van der Waals surface area contributed by atoms with Gasteiger partial charge >= 0.3 is 0 Å². The number of nitrogens with two attached hydrogens (primary N) is 1. The van der Waals surface area contributed by atoms with Crippen molar-refractivity contribution in [1.29, 1.82) is 0 Å². The summed E-state index contributed by atoms with van der Waals surface area (Å²) in [5.74, 6) is -0.197. The Kier molecular flexibility index (Phi) is 5.12. The lowest BCUT2D eigenvalue weighted by Crippen LogP contribution is -2.30. The van der Waals surface area contributed by atoms with E-state index in [0.29, 0.717) is 25.1 Å². The zero-order valence-electron chi connectivity index (χ0n) is 11.6. The van der Waals surface area contributed by atoms with E-state index in [-0.39, 0.29) is 5.91 Å². The third-order valence-electron chi connectivity index (χ3n) is 3.52. The molecule has 1 heterocycles. The molecule has 3 N–H and O–H groups in total. The van der Waals surface area contributed by atoms with Gasteiger partial charge < -0.3 is 16.0 Å². The highest BCUT2D eigenvalue weighted by Crippen LogP contribution is 2.08. The summed E-state index contributed by atoms with van der Waals surface area (Å²) in [7, 11) is 0. The highest BCUT2D eigenvalue weighted by Gasteiger charge is 2.16. The van der Waals surface area contributed by atoms with E-state index < -0.39 is 5.91 Å². The average molecular weight is 275 g/mol. The number of hydrogen-bond donors (Lipinski definition) is 2. The molecule has 0 spiro atoms. The quantitative estimate of drug-likeness (QED) is 0.757. The molecule has 0 aromatic heterocycles. The van der Waals surface area contributed by atoms with E-state index in [1.54, 1.807) is 12.1 Å². The molecule has 20 heavy (non-hydrogen) atoms. The zero-order valence-corrected chi connectivity index (χ0v) is 11.6. The maximum Gasteiger partial charge on any atom is 0.248 e. The Morgan fingerprint density at radius 2 is 2.00 bits per heavy atom. The van der Waals surface area contributed by atoms with Crippen LogP contribution >= 0.6 is 0 Å². The van der Waals surface area contributed by atoms with Crippen LogP contribution in [0.2, 0.25) is 0 Å². The van der Waals surface area contributed by atoms with Gasteiger partial charge in [0.2, 0.25) is 11.8 Å². The summed E-state index contributed by atoms with van der Waals surface area (Å²) in [6.07, 6.45) is 2.77. The Balaban J connectivity index is 1.71. The second-order valence-corrected chi connectivity index (χ2v) is 5.08. The van der Waals surface area contributed by atoms with Crippen LogP contribution in [-0.2, 0) is 11.3 Å². The molecule has 1 aliphatic rings. The molecule has 0 atom stereocenters. The molecule has 5 nitrogen and oxygen atoms in total. The molecular formula is C15H21N3O2. The van der Waals surface area contributed by atoms with Gasteiger partial charge in [0.25, 0.3) is 0 Å². The smallest absolute Gasteiger partial charge is 0.248 e. The number of likely N-dealkylation sites (tertiary alicyclic amines) is 1. The Morgan fingerprint density at radius 1 is 1.25 bits per heavy atom. The zero-order chi connectivity index (χ0) is 14.4. The molecule has 1 fully saturated rings. The van der Waals surface area contributed by atoms with Crippen molar-refractivity contribution in [3.05, 3.63) is 35.4 Å². The van der Waals surface area contributed by atoms with Gasteiger partial charge in [0.1, 0.15) is 0 Å². The average Bonchev–Trinajstić information content (AvgIpc) is 2.98. The van der Waals surface area contributed by atoms with Crippen LogP contribution in [0.4, 0.5) is 0 Å².